The van der Waals surface area contributed by atoms with Gasteiger partial charge in [0.15, 0.2) is 0 Å². The fraction of sp³-hybridized carbons (Fsp3) is 0.588. The van der Waals surface area contributed by atoms with E-state index < -0.39 is 29.5 Å². The van der Waals surface area contributed by atoms with Crippen LogP contribution in [0.5, 0.6) is 5.75 Å². The molecule has 2 N–H and O–H groups in total. The number of halogens is 3. The fourth-order valence-corrected chi connectivity index (χ4v) is 3.33. The molecule has 0 bridgehead atoms. The Kier molecular flexibility index (Phi) is 5.95. The average molecular weight is 361 g/mol. The molecular formula is C17H22F3NO4. The molecule has 0 saturated carbocycles. The van der Waals surface area contributed by atoms with Gasteiger partial charge in [0.05, 0.1) is 18.3 Å². The molecule has 1 aliphatic rings. The molecular weight excluding hydrogens is 339 g/mol. The number of benzene rings is 1. The van der Waals surface area contributed by atoms with E-state index in [9.17, 15) is 28.2 Å². The maximum Gasteiger partial charge on any atom is 0.573 e. The normalized spacial score (nSPS) is 24.2. The summed E-state index contributed by atoms with van der Waals surface area (Å²) in [5, 5.41) is 20.0. The Morgan fingerprint density at radius 3 is 2.68 bits per heavy atom. The lowest BCUT2D eigenvalue weighted by molar-refractivity contribution is -0.274. The van der Waals surface area contributed by atoms with Gasteiger partial charge in [-0.15, -0.1) is 13.2 Å². The molecule has 1 aromatic rings. The highest BCUT2D eigenvalue weighted by Crippen LogP contribution is 2.36. The lowest BCUT2D eigenvalue weighted by Crippen LogP contribution is -2.55. The van der Waals surface area contributed by atoms with Gasteiger partial charge in [0.2, 0.25) is 0 Å². The Hall–Kier alpha value is -1.80. The molecule has 25 heavy (non-hydrogen) atoms. The molecule has 140 valence electrons. The van der Waals surface area contributed by atoms with Crippen molar-refractivity contribution in [1.29, 1.82) is 0 Å². The standard InChI is InChI=1S/C17H22F3NO4/c1-2-8-16(11-22)10-21(9-7-14(16)23)15(24)12-5-3-4-6-13(12)25-17(18,19)20/h3-6,14,22-23H,2,7-11H2,1H3/t14-,16+/m1/s1. The Labute approximate surface area is 144 Å². The number of para-hydroxylation sites is 1. The van der Waals surface area contributed by atoms with E-state index in [4.69, 9.17) is 0 Å². The summed E-state index contributed by atoms with van der Waals surface area (Å²) in [5.41, 5.74) is -1.05. The van der Waals surface area contributed by atoms with Gasteiger partial charge in [0.25, 0.3) is 5.91 Å². The molecule has 0 spiro atoms. The number of rotatable bonds is 5. The quantitative estimate of drug-likeness (QED) is 0.846. The summed E-state index contributed by atoms with van der Waals surface area (Å²) in [4.78, 5) is 14.1. The molecule has 1 aromatic carbocycles. The van der Waals surface area contributed by atoms with E-state index in [1.54, 1.807) is 0 Å². The molecule has 0 unspecified atom stereocenters. The fourth-order valence-electron chi connectivity index (χ4n) is 3.33. The summed E-state index contributed by atoms with van der Waals surface area (Å²) < 4.78 is 41.6. The van der Waals surface area contributed by atoms with Crippen molar-refractivity contribution >= 4 is 5.91 Å². The zero-order valence-corrected chi connectivity index (χ0v) is 13.9. The third-order valence-electron chi connectivity index (χ3n) is 4.58. The second-order valence-electron chi connectivity index (χ2n) is 6.35. The molecule has 2 atom stereocenters. The summed E-state index contributed by atoms with van der Waals surface area (Å²) in [6, 6.07) is 5.17. The van der Waals surface area contributed by atoms with Crippen molar-refractivity contribution in [2.75, 3.05) is 19.7 Å². The molecule has 1 saturated heterocycles. The van der Waals surface area contributed by atoms with Gasteiger partial charge in [-0.05, 0) is 25.0 Å². The van der Waals surface area contributed by atoms with Crippen LogP contribution in [-0.2, 0) is 0 Å². The largest absolute Gasteiger partial charge is 0.573 e. The minimum absolute atomic E-state index is 0.0810. The molecule has 1 fully saturated rings. The maximum absolute atomic E-state index is 12.7. The second kappa shape index (κ2) is 7.61. The van der Waals surface area contributed by atoms with Gasteiger partial charge in [-0.1, -0.05) is 25.5 Å². The van der Waals surface area contributed by atoms with E-state index >= 15 is 0 Å². The number of hydrogen-bond acceptors (Lipinski definition) is 4. The average Bonchev–Trinajstić information content (AvgIpc) is 2.55. The van der Waals surface area contributed by atoms with Crippen molar-refractivity contribution in [3.8, 4) is 5.75 Å². The van der Waals surface area contributed by atoms with Gasteiger partial charge in [-0.25, -0.2) is 0 Å². The van der Waals surface area contributed by atoms with Gasteiger partial charge in [0, 0.05) is 18.5 Å². The minimum Gasteiger partial charge on any atom is -0.405 e. The Bertz CT molecular complexity index is 608. The zero-order valence-electron chi connectivity index (χ0n) is 13.9. The van der Waals surface area contributed by atoms with Crippen molar-refractivity contribution < 1.29 is 32.9 Å². The van der Waals surface area contributed by atoms with Gasteiger partial charge in [-0.3, -0.25) is 4.79 Å². The summed E-state index contributed by atoms with van der Waals surface area (Å²) in [6.07, 6.45) is -4.19. The first-order chi connectivity index (χ1) is 11.7. The molecule has 1 amide bonds. The number of hydrogen-bond donors (Lipinski definition) is 2. The lowest BCUT2D eigenvalue weighted by Gasteiger charge is -2.45. The number of alkyl halides is 3. The number of carbonyl (C=O) groups is 1. The summed E-state index contributed by atoms with van der Waals surface area (Å²) in [7, 11) is 0. The Balaban J connectivity index is 2.26. The number of carbonyl (C=O) groups excluding carboxylic acids is 1. The van der Waals surface area contributed by atoms with Gasteiger partial charge in [-0.2, -0.15) is 0 Å². The van der Waals surface area contributed by atoms with Gasteiger partial charge < -0.3 is 19.8 Å². The third kappa shape index (κ3) is 4.43. The van der Waals surface area contributed by atoms with Crippen LogP contribution < -0.4 is 4.74 Å². The monoisotopic (exact) mass is 361 g/mol. The highest BCUT2D eigenvalue weighted by Gasteiger charge is 2.43. The van der Waals surface area contributed by atoms with E-state index in [0.717, 1.165) is 6.07 Å². The number of nitrogens with zero attached hydrogens (tertiary/aromatic N) is 1. The molecule has 8 heteroatoms. The highest BCUT2D eigenvalue weighted by atomic mass is 19.4. The smallest absolute Gasteiger partial charge is 0.405 e. The highest BCUT2D eigenvalue weighted by molar-refractivity contribution is 5.97. The first kappa shape index (κ1) is 19.5. The molecule has 0 aliphatic carbocycles. The number of piperidine rings is 1. The first-order valence-corrected chi connectivity index (χ1v) is 8.15. The van der Waals surface area contributed by atoms with Crippen molar-refractivity contribution in [3.63, 3.8) is 0 Å². The number of amides is 1. The van der Waals surface area contributed by atoms with E-state index in [2.05, 4.69) is 4.74 Å². The van der Waals surface area contributed by atoms with Crippen molar-refractivity contribution in [3.05, 3.63) is 29.8 Å². The molecule has 2 rings (SSSR count). The van der Waals surface area contributed by atoms with E-state index in [-0.39, 0.29) is 31.7 Å². The van der Waals surface area contributed by atoms with Crippen LogP contribution in [-0.4, -0.2) is 53.2 Å². The minimum atomic E-state index is -4.90. The number of likely N-dealkylation sites (tertiary alicyclic amines) is 1. The third-order valence-corrected chi connectivity index (χ3v) is 4.58. The summed E-state index contributed by atoms with van der Waals surface area (Å²) in [6.45, 7) is 1.88. The van der Waals surface area contributed by atoms with Gasteiger partial charge in [0.1, 0.15) is 5.75 Å². The molecule has 1 heterocycles. The SMILES string of the molecule is CCC[C@@]1(CO)CN(C(=O)c2ccccc2OC(F)(F)F)CC[C@H]1O. The van der Waals surface area contributed by atoms with Crippen LogP contribution in [0.25, 0.3) is 0 Å². The topological polar surface area (TPSA) is 70.0 Å². The maximum atomic E-state index is 12.7. The van der Waals surface area contributed by atoms with E-state index in [1.807, 2.05) is 6.92 Å². The number of aliphatic hydroxyl groups excluding tert-OH is 2. The van der Waals surface area contributed by atoms with Gasteiger partial charge >= 0.3 is 6.36 Å². The van der Waals surface area contributed by atoms with Crippen LogP contribution in [0.4, 0.5) is 13.2 Å². The van der Waals surface area contributed by atoms with Crippen LogP contribution in [0.2, 0.25) is 0 Å². The van der Waals surface area contributed by atoms with Crippen molar-refractivity contribution in [1.82, 2.24) is 4.90 Å². The molecule has 0 aromatic heterocycles. The number of ether oxygens (including phenoxy) is 1. The second-order valence-corrected chi connectivity index (χ2v) is 6.35. The first-order valence-electron chi connectivity index (χ1n) is 8.15. The number of aliphatic hydroxyl groups is 2. The van der Waals surface area contributed by atoms with Crippen LogP contribution in [0.1, 0.15) is 36.5 Å². The zero-order chi connectivity index (χ0) is 18.7. The van der Waals surface area contributed by atoms with Crippen LogP contribution >= 0.6 is 0 Å². The van der Waals surface area contributed by atoms with E-state index in [0.29, 0.717) is 12.8 Å². The van der Waals surface area contributed by atoms with Crippen LogP contribution in [0, 0.1) is 5.41 Å². The van der Waals surface area contributed by atoms with Crippen LogP contribution in [0.15, 0.2) is 24.3 Å². The van der Waals surface area contributed by atoms with Crippen LogP contribution in [0.3, 0.4) is 0 Å². The molecule has 0 radical (unpaired) electrons. The molecule has 5 nitrogen and oxygen atoms in total. The lowest BCUT2D eigenvalue weighted by atomic mass is 9.74. The predicted molar refractivity (Wildman–Crippen MR) is 84.1 cm³/mol. The predicted octanol–water partition coefficient (Wildman–Crippen LogP) is 2.57. The molecule has 1 aliphatic heterocycles. The van der Waals surface area contributed by atoms with Crippen molar-refractivity contribution in [2.45, 2.75) is 38.7 Å². The Morgan fingerprint density at radius 1 is 1.40 bits per heavy atom. The van der Waals surface area contributed by atoms with E-state index in [1.165, 1.54) is 23.1 Å². The Morgan fingerprint density at radius 2 is 2.08 bits per heavy atom. The summed E-state index contributed by atoms with van der Waals surface area (Å²) >= 11 is 0. The summed E-state index contributed by atoms with van der Waals surface area (Å²) in [5.74, 6) is -1.17. The van der Waals surface area contributed by atoms with Crippen molar-refractivity contribution in [2.24, 2.45) is 5.41 Å².